The van der Waals surface area contributed by atoms with E-state index in [9.17, 15) is 4.79 Å². The van der Waals surface area contributed by atoms with Gasteiger partial charge < -0.3 is 19.4 Å². The van der Waals surface area contributed by atoms with Crippen LogP contribution in [0, 0.1) is 5.92 Å². The van der Waals surface area contributed by atoms with Crippen LogP contribution in [-0.4, -0.2) is 79.3 Å². The minimum Gasteiger partial charge on any atom is -0.378 e. The van der Waals surface area contributed by atoms with E-state index in [1.807, 2.05) is 4.90 Å². The zero-order valence-electron chi connectivity index (χ0n) is 15.7. The SMILES string of the molecule is O=C(N1CCOCC1)N1C[C@H]2CC[C@@H]1CN(CCCc1ccccc1)C2. The summed E-state index contributed by atoms with van der Waals surface area (Å²) in [7, 11) is 0. The molecule has 142 valence electrons. The van der Waals surface area contributed by atoms with Crippen molar-refractivity contribution in [3.8, 4) is 0 Å². The van der Waals surface area contributed by atoms with Crippen LogP contribution in [0.3, 0.4) is 0 Å². The topological polar surface area (TPSA) is 36.0 Å². The predicted molar refractivity (Wildman–Crippen MR) is 102 cm³/mol. The van der Waals surface area contributed by atoms with Crippen LogP contribution in [0.2, 0.25) is 0 Å². The summed E-state index contributed by atoms with van der Waals surface area (Å²) in [6, 6.07) is 11.4. The highest BCUT2D eigenvalue weighted by atomic mass is 16.5. The Bertz CT molecular complexity index is 588. The van der Waals surface area contributed by atoms with Crippen LogP contribution in [0.5, 0.6) is 0 Å². The summed E-state index contributed by atoms with van der Waals surface area (Å²) in [6.45, 7) is 7.12. The van der Waals surface area contributed by atoms with E-state index in [2.05, 4.69) is 40.1 Å². The molecule has 5 heteroatoms. The van der Waals surface area contributed by atoms with E-state index in [0.29, 0.717) is 25.2 Å². The van der Waals surface area contributed by atoms with Crippen molar-refractivity contribution in [1.82, 2.24) is 14.7 Å². The first-order valence-corrected chi connectivity index (χ1v) is 10.2. The number of carbonyl (C=O) groups is 1. The molecule has 0 saturated carbocycles. The zero-order valence-corrected chi connectivity index (χ0v) is 15.7. The Kier molecular flexibility index (Phi) is 5.75. The molecule has 26 heavy (non-hydrogen) atoms. The maximum atomic E-state index is 13.0. The van der Waals surface area contributed by atoms with Gasteiger partial charge in [-0.25, -0.2) is 4.79 Å². The van der Waals surface area contributed by atoms with Gasteiger partial charge in [-0.1, -0.05) is 30.3 Å². The number of urea groups is 1. The Morgan fingerprint density at radius 2 is 1.85 bits per heavy atom. The molecule has 5 rings (SSSR count). The lowest BCUT2D eigenvalue weighted by molar-refractivity contribution is 0.0341. The van der Waals surface area contributed by atoms with Gasteiger partial charge in [-0.3, -0.25) is 0 Å². The van der Waals surface area contributed by atoms with Gasteiger partial charge in [0.15, 0.2) is 0 Å². The van der Waals surface area contributed by atoms with Gasteiger partial charge in [-0.2, -0.15) is 0 Å². The van der Waals surface area contributed by atoms with Gasteiger partial charge in [0.25, 0.3) is 0 Å². The fourth-order valence-electron chi connectivity index (χ4n) is 4.68. The zero-order chi connectivity index (χ0) is 17.8. The average Bonchev–Trinajstić information content (AvgIpc) is 3.00. The number of aryl methyl sites for hydroxylation is 1. The molecule has 1 aromatic carbocycles. The Morgan fingerprint density at radius 1 is 1.04 bits per heavy atom. The molecule has 4 heterocycles. The lowest BCUT2D eigenvalue weighted by Crippen LogP contribution is -2.55. The number of rotatable bonds is 4. The average molecular weight is 357 g/mol. The normalized spacial score (nSPS) is 26.8. The summed E-state index contributed by atoms with van der Waals surface area (Å²) in [6.07, 6.45) is 4.77. The maximum Gasteiger partial charge on any atom is 0.320 e. The van der Waals surface area contributed by atoms with E-state index in [4.69, 9.17) is 4.74 Å². The van der Waals surface area contributed by atoms with Gasteiger partial charge in [0.1, 0.15) is 0 Å². The third-order valence-electron chi connectivity index (χ3n) is 6.10. The quantitative estimate of drug-likeness (QED) is 0.831. The van der Waals surface area contributed by atoms with Gasteiger partial charge in [0.2, 0.25) is 0 Å². The Hall–Kier alpha value is -1.59. The van der Waals surface area contributed by atoms with Crippen LogP contribution >= 0.6 is 0 Å². The second kappa shape index (κ2) is 8.40. The largest absolute Gasteiger partial charge is 0.378 e. The number of hydrogen-bond donors (Lipinski definition) is 0. The van der Waals surface area contributed by atoms with Crippen LogP contribution < -0.4 is 0 Å². The molecule has 1 aromatic rings. The lowest BCUT2D eigenvalue weighted by atomic mass is 9.95. The Labute approximate surface area is 156 Å². The fraction of sp³-hybridized carbons (Fsp3) is 0.667. The molecule has 4 saturated heterocycles. The number of amides is 2. The van der Waals surface area contributed by atoms with Crippen molar-refractivity contribution in [2.24, 2.45) is 5.92 Å². The van der Waals surface area contributed by atoms with Crippen LogP contribution in [0.4, 0.5) is 4.79 Å². The molecule has 0 N–H and O–H groups in total. The van der Waals surface area contributed by atoms with Crippen LogP contribution in [-0.2, 0) is 11.2 Å². The number of piperidine rings is 1. The van der Waals surface area contributed by atoms with Crippen molar-refractivity contribution in [3.05, 3.63) is 35.9 Å². The highest BCUT2D eigenvalue weighted by Gasteiger charge is 2.38. The minimum absolute atomic E-state index is 0.245. The molecule has 4 aliphatic rings. The molecule has 0 radical (unpaired) electrons. The van der Waals surface area contributed by atoms with E-state index in [1.54, 1.807) is 0 Å². The van der Waals surface area contributed by atoms with Gasteiger partial charge in [-0.15, -0.1) is 0 Å². The smallest absolute Gasteiger partial charge is 0.320 e. The highest BCUT2D eigenvalue weighted by Crippen LogP contribution is 2.29. The molecule has 2 atom stereocenters. The van der Waals surface area contributed by atoms with E-state index in [0.717, 1.165) is 52.1 Å². The predicted octanol–water partition coefficient (Wildman–Crippen LogP) is 2.47. The van der Waals surface area contributed by atoms with Crippen LogP contribution in [0.15, 0.2) is 30.3 Å². The second-order valence-electron chi connectivity index (χ2n) is 7.98. The van der Waals surface area contributed by atoms with Gasteiger partial charge in [0.05, 0.1) is 13.2 Å². The number of ether oxygens (including phenoxy) is 1. The van der Waals surface area contributed by atoms with E-state index >= 15 is 0 Å². The third-order valence-corrected chi connectivity index (χ3v) is 6.10. The molecule has 0 spiro atoms. The number of carbonyl (C=O) groups excluding carboxylic acids is 1. The first-order chi connectivity index (χ1) is 12.8. The molecule has 0 unspecified atom stereocenters. The van der Waals surface area contributed by atoms with Gasteiger partial charge in [0, 0.05) is 38.8 Å². The summed E-state index contributed by atoms with van der Waals surface area (Å²) in [5.41, 5.74) is 1.43. The summed E-state index contributed by atoms with van der Waals surface area (Å²) in [5, 5.41) is 0. The Balaban J connectivity index is 1.32. The maximum absolute atomic E-state index is 13.0. The van der Waals surface area contributed by atoms with Crippen molar-refractivity contribution in [1.29, 1.82) is 0 Å². The monoisotopic (exact) mass is 357 g/mol. The number of morpholine rings is 1. The standard InChI is InChI=1S/C21H31N3O2/c25-21(23-11-13-26-14-12-23)24-16-19-8-9-20(24)17-22(15-19)10-4-7-18-5-2-1-3-6-18/h1-3,5-6,19-20H,4,7-17H2/t19-,20+/m0/s1. The van der Waals surface area contributed by atoms with Gasteiger partial charge in [-0.05, 0) is 43.7 Å². The summed E-state index contributed by atoms with van der Waals surface area (Å²) in [4.78, 5) is 19.8. The molecule has 2 amide bonds. The molecule has 0 aliphatic carbocycles. The highest BCUT2D eigenvalue weighted by molar-refractivity contribution is 5.75. The van der Waals surface area contributed by atoms with Crippen molar-refractivity contribution >= 4 is 6.03 Å². The lowest BCUT2D eigenvalue weighted by Gasteiger charge is -2.40. The van der Waals surface area contributed by atoms with Crippen LogP contribution in [0.25, 0.3) is 0 Å². The molecule has 5 nitrogen and oxygen atoms in total. The number of benzene rings is 1. The number of nitrogens with zero attached hydrogens (tertiary/aromatic N) is 3. The summed E-state index contributed by atoms with van der Waals surface area (Å²) < 4.78 is 5.40. The third kappa shape index (κ3) is 4.21. The van der Waals surface area contributed by atoms with Crippen molar-refractivity contribution in [2.75, 3.05) is 52.5 Å². The van der Waals surface area contributed by atoms with Crippen molar-refractivity contribution < 1.29 is 9.53 Å². The van der Waals surface area contributed by atoms with Gasteiger partial charge >= 0.3 is 6.03 Å². The molecule has 0 aromatic heterocycles. The molecule has 2 bridgehead atoms. The van der Waals surface area contributed by atoms with Crippen LogP contribution in [0.1, 0.15) is 24.8 Å². The van der Waals surface area contributed by atoms with Crippen molar-refractivity contribution in [3.63, 3.8) is 0 Å². The van der Waals surface area contributed by atoms with E-state index < -0.39 is 0 Å². The summed E-state index contributed by atoms with van der Waals surface area (Å²) in [5.74, 6) is 0.635. The first-order valence-electron chi connectivity index (χ1n) is 10.2. The second-order valence-corrected chi connectivity index (χ2v) is 7.98. The number of hydrogen-bond acceptors (Lipinski definition) is 3. The molecule has 4 aliphatic heterocycles. The van der Waals surface area contributed by atoms with E-state index in [-0.39, 0.29) is 6.03 Å². The molecule has 4 fully saturated rings. The minimum atomic E-state index is 0.245. The molecular weight excluding hydrogens is 326 g/mol. The fourth-order valence-corrected chi connectivity index (χ4v) is 4.68. The molecular formula is C21H31N3O2. The summed E-state index contributed by atoms with van der Waals surface area (Å²) >= 11 is 0. The Morgan fingerprint density at radius 3 is 2.65 bits per heavy atom. The van der Waals surface area contributed by atoms with E-state index in [1.165, 1.54) is 18.4 Å². The first kappa shape index (κ1) is 17.8. The number of fused-ring (bicyclic) bond motifs is 4. The van der Waals surface area contributed by atoms with Crippen molar-refractivity contribution in [2.45, 2.75) is 31.7 Å².